The Hall–Kier alpha value is -0.236. The predicted molar refractivity (Wildman–Crippen MR) is 123 cm³/mol. The topological polar surface area (TPSA) is 35.5 Å². The number of aldehydes is 1. The summed E-state index contributed by atoms with van der Waals surface area (Å²) in [4.78, 5) is 11.0. The molecule has 0 spiro atoms. The Morgan fingerprint density at radius 2 is 1.37 bits per heavy atom. The lowest BCUT2D eigenvalue weighted by Gasteiger charge is -2.46. The molecule has 3 nitrogen and oxygen atoms in total. The van der Waals surface area contributed by atoms with Gasteiger partial charge in [0.25, 0.3) is 0 Å². The molecule has 0 heterocycles. The van der Waals surface area contributed by atoms with E-state index >= 15 is 0 Å². The van der Waals surface area contributed by atoms with Gasteiger partial charge in [0.2, 0.25) is 0 Å². The summed E-state index contributed by atoms with van der Waals surface area (Å²) in [5.74, 6) is 0.266. The van der Waals surface area contributed by atoms with E-state index in [-0.39, 0.29) is 28.2 Å². The first kappa shape index (κ1) is 26.8. The van der Waals surface area contributed by atoms with Gasteiger partial charge in [-0.3, -0.25) is 0 Å². The van der Waals surface area contributed by atoms with E-state index in [2.05, 4.69) is 81.2 Å². The molecule has 0 aliphatic carbocycles. The van der Waals surface area contributed by atoms with E-state index in [9.17, 15) is 4.79 Å². The van der Waals surface area contributed by atoms with Gasteiger partial charge < -0.3 is 13.6 Å². The van der Waals surface area contributed by atoms with Crippen LogP contribution in [-0.4, -0.2) is 35.1 Å². The lowest BCUT2D eigenvalue weighted by molar-refractivity contribution is -0.108. The van der Waals surface area contributed by atoms with E-state index in [4.69, 9.17) is 8.85 Å². The molecule has 0 rings (SSSR count). The van der Waals surface area contributed by atoms with E-state index in [1.165, 1.54) is 0 Å². The van der Waals surface area contributed by atoms with Gasteiger partial charge in [0, 0.05) is 6.42 Å². The van der Waals surface area contributed by atoms with E-state index in [0.29, 0.717) is 6.42 Å². The quantitative estimate of drug-likeness (QED) is 0.220. The van der Waals surface area contributed by atoms with Crippen molar-refractivity contribution in [2.75, 3.05) is 0 Å². The van der Waals surface area contributed by atoms with Gasteiger partial charge in [-0.1, -0.05) is 60.6 Å². The molecule has 0 unspecified atom stereocenters. The van der Waals surface area contributed by atoms with Crippen LogP contribution in [0, 0.1) is 5.92 Å². The molecule has 0 fully saturated rings. The highest BCUT2D eigenvalue weighted by Gasteiger charge is 2.45. The Labute approximate surface area is 171 Å². The molecule has 0 amide bonds. The first-order valence-corrected chi connectivity index (χ1v) is 16.1. The third kappa shape index (κ3) is 7.96. The van der Waals surface area contributed by atoms with Crippen LogP contribution >= 0.6 is 0 Å². The minimum absolute atomic E-state index is 0.0625. The normalized spacial score (nSPS) is 17.3. The molecule has 0 bridgehead atoms. The van der Waals surface area contributed by atoms with Crippen molar-refractivity contribution in [2.24, 2.45) is 5.92 Å². The van der Waals surface area contributed by atoms with E-state index in [0.717, 1.165) is 18.3 Å². The summed E-state index contributed by atoms with van der Waals surface area (Å²) in [5.41, 5.74) is 1.02. The highest BCUT2D eigenvalue weighted by Crippen LogP contribution is 2.42. The van der Waals surface area contributed by atoms with Crippen molar-refractivity contribution < 1.29 is 13.6 Å². The second-order valence-corrected chi connectivity index (χ2v) is 20.8. The van der Waals surface area contributed by atoms with E-state index in [1.807, 2.05) is 6.92 Å². The van der Waals surface area contributed by atoms with Crippen molar-refractivity contribution in [2.45, 2.75) is 117 Å². The van der Waals surface area contributed by atoms with Crippen molar-refractivity contribution in [1.82, 2.24) is 0 Å². The first-order valence-electron chi connectivity index (χ1n) is 10.3. The third-order valence-electron chi connectivity index (χ3n) is 6.44. The second-order valence-electron chi connectivity index (χ2n) is 11.3. The second kappa shape index (κ2) is 9.51. The molecule has 160 valence electrons. The van der Waals surface area contributed by atoms with E-state index < -0.39 is 16.6 Å². The zero-order valence-electron chi connectivity index (χ0n) is 20.2. The maximum absolute atomic E-state index is 11.0. The average molecular weight is 415 g/mol. The van der Waals surface area contributed by atoms with Gasteiger partial charge >= 0.3 is 0 Å². The molecule has 27 heavy (non-hydrogen) atoms. The summed E-state index contributed by atoms with van der Waals surface area (Å²) in [6.07, 6.45) is 2.19. The Balaban J connectivity index is 5.88. The van der Waals surface area contributed by atoms with Crippen LogP contribution in [0.2, 0.25) is 36.3 Å². The zero-order chi connectivity index (χ0) is 21.8. The minimum Gasteiger partial charge on any atom is -0.411 e. The molecule has 0 aromatic heterocycles. The minimum atomic E-state index is -1.98. The highest BCUT2D eigenvalue weighted by atomic mass is 28.4. The standard InChI is InChI=1S/C22H46O3Si2/c1-17(2)20(25-27(12,13)22(7,8)9)19(16-18(3)14-15-23)24-26(10,11)21(4,5)6/h15,18-20H,1,14,16H2,2-13H3/t18-,19+,20-/m1/s1. The van der Waals surface area contributed by atoms with Crippen molar-refractivity contribution in [3.63, 3.8) is 0 Å². The molecular weight excluding hydrogens is 368 g/mol. The van der Waals surface area contributed by atoms with Gasteiger partial charge in [0.1, 0.15) is 6.29 Å². The Bertz CT molecular complexity index is 499. The van der Waals surface area contributed by atoms with Crippen LogP contribution in [0.3, 0.4) is 0 Å². The highest BCUT2D eigenvalue weighted by molar-refractivity contribution is 6.74. The summed E-state index contributed by atoms with van der Waals surface area (Å²) in [6, 6.07) is 0. The van der Waals surface area contributed by atoms with Crippen molar-refractivity contribution in [3.05, 3.63) is 12.2 Å². The molecular formula is C22H46O3Si2. The van der Waals surface area contributed by atoms with Crippen LogP contribution in [0.4, 0.5) is 0 Å². The molecule has 0 radical (unpaired) electrons. The fourth-order valence-electron chi connectivity index (χ4n) is 2.43. The summed E-state index contributed by atoms with van der Waals surface area (Å²) < 4.78 is 13.7. The molecule has 0 aromatic rings. The smallest absolute Gasteiger partial charge is 0.193 e. The molecule has 0 saturated heterocycles. The molecule has 3 atom stereocenters. The largest absolute Gasteiger partial charge is 0.411 e. The van der Waals surface area contributed by atoms with Crippen LogP contribution in [-0.2, 0) is 13.6 Å². The molecule has 0 saturated carbocycles. The monoisotopic (exact) mass is 414 g/mol. The van der Waals surface area contributed by atoms with Gasteiger partial charge in [-0.05, 0) is 55.5 Å². The fourth-order valence-corrected chi connectivity index (χ4v) is 5.11. The van der Waals surface area contributed by atoms with Crippen molar-refractivity contribution >= 4 is 22.9 Å². The van der Waals surface area contributed by atoms with Gasteiger partial charge in [-0.15, -0.1) is 0 Å². The summed E-state index contributed by atoms with van der Waals surface area (Å²) in [7, 11) is -3.96. The fraction of sp³-hybridized carbons (Fsp3) is 0.864. The Morgan fingerprint density at radius 3 is 1.70 bits per heavy atom. The summed E-state index contributed by atoms with van der Waals surface area (Å²) in [6.45, 7) is 31.1. The first-order chi connectivity index (χ1) is 11.9. The molecule has 0 aliphatic rings. The Kier molecular flexibility index (Phi) is 9.42. The van der Waals surface area contributed by atoms with Gasteiger partial charge in [0.15, 0.2) is 16.6 Å². The summed E-state index contributed by atoms with van der Waals surface area (Å²) >= 11 is 0. The number of rotatable bonds is 10. The van der Waals surface area contributed by atoms with Gasteiger partial charge in [0.05, 0.1) is 12.2 Å². The van der Waals surface area contributed by atoms with E-state index in [1.54, 1.807) is 0 Å². The maximum atomic E-state index is 11.0. The molecule has 0 aromatic carbocycles. The van der Waals surface area contributed by atoms with Crippen molar-refractivity contribution in [3.8, 4) is 0 Å². The number of carbonyl (C=O) groups excluding carboxylic acids is 1. The third-order valence-corrected chi connectivity index (χ3v) is 15.4. The average Bonchev–Trinajstić information content (AvgIpc) is 2.41. The van der Waals surface area contributed by atoms with Crippen LogP contribution < -0.4 is 0 Å². The molecule has 5 heteroatoms. The predicted octanol–water partition coefficient (Wildman–Crippen LogP) is 6.96. The molecule has 0 N–H and O–H groups in total. The molecule has 0 aliphatic heterocycles. The van der Waals surface area contributed by atoms with Crippen LogP contribution in [0.25, 0.3) is 0 Å². The SMILES string of the molecule is C=C(C)[C@@H](O[Si](C)(C)C(C)(C)C)[C@H](C[C@H](C)CC=O)O[Si](C)(C)C(C)(C)C. The van der Waals surface area contributed by atoms with Gasteiger partial charge in [-0.25, -0.2) is 0 Å². The van der Waals surface area contributed by atoms with Gasteiger partial charge in [-0.2, -0.15) is 0 Å². The van der Waals surface area contributed by atoms with Crippen LogP contribution in [0.5, 0.6) is 0 Å². The maximum Gasteiger partial charge on any atom is 0.193 e. The zero-order valence-corrected chi connectivity index (χ0v) is 22.2. The number of carbonyl (C=O) groups is 1. The number of hydrogen-bond donors (Lipinski definition) is 0. The van der Waals surface area contributed by atoms with Crippen LogP contribution in [0.15, 0.2) is 12.2 Å². The van der Waals surface area contributed by atoms with Crippen molar-refractivity contribution in [1.29, 1.82) is 0 Å². The summed E-state index contributed by atoms with van der Waals surface area (Å²) in [5, 5.41) is 0.242. The Morgan fingerprint density at radius 1 is 0.963 bits per heavy atom. The van der Waals surface area contributed by atoms with Crippen LogP contribution in [0.1, 0.15) is 68.2 Å². The number of hydrogen-bond acceptors (Lipinski definition) is 3. The lowest BCUT2D eigenvalue weighted by Crippen LogP contribution is -2.52. The lowest BCUT2D eigenvalue weighted by atomic mass is 9.95.